The Morgan fingerprint density at radius 1 is 1.48 bits per heavy atom. The molecule has 1 fully saturated rings. The van der Waals surface area contributed by atoms with Crippen molar-refractivity contribution in [2.24, 2.45) is 0 Å². The lowest BCUT2D eigenvalue weighted by Crippen LogP contribution is -2.59. The van der Waals surface area contributed by atoms with Crippen LogP contribution < -0.4 is 15.6 Å². The molecule has 1 N–H and O–H groups in total. The molecule has 0 aromatic carbocycles. The van der Waals surface area contributed by atoms with Crippen molar-refractivity contribution in [3.05, 3.63) is 28.2 Å². The summed E-state index contributed by atoms with van der Waals surface area (Å²) in [6.45, 7) is 1.13. The molecule has 1 aromatic heterocycles. The zero-order chi connectivity index (χ0) is 15.0. The normalized spacial score (nSPS) is 20.1. The van der Waals surface area contributed by atoms with Crippen LogP contribution in [0.1, 0.15) is 10.5 Å². The Morgan fingerprint density at radius 2 is 2.29 bits per heavy atom. The molecule has 21 heavy (non-hydrogen) atoms. The van der Waals surface area contributed by atoms with Crippen LogP contribution in [0.5, 0.6) is 5.75 Å². The van der Waals surface area contributed by atoms with Crippen LogP contribution in [0.15, 0.2) is 17.1 Å². The van der Waals surface area contributed by atoms with Crippen molar-refractivity contribution in [1.29, 1.82) is 0 Å². The fourth-order valence-corrected chi connectivity index (χ4v) is 2.30. The molecule has 0 bridgehead atoms. The predicted molar refractivity (Wildman–Crippen MR) is 68.7 cm³/mol. The highest BCUT2D eigenvalue weighted by atomic mass is 16.7. The van der Waals surface area contributed by atoms with E-state index in [2.05, 4.69) is 10.2 Å². The van der Waals surface area contributed by atoms with Crippen molar-refractivity contribution in [1.82, 2.24) is 9.58 Å². The number of aromatic nitrogens is 1. The van der Waals surface area contributed by atoms with E-state index < -0.39 is 17.5 Å². The molecule has 1 amide bonds. The average Bonchev–Trinajstić information content (AvgIpc) is 2.50. The SMILES string of the molecule is COC(=O)Oc1c2n(ccc1=O)N[C@@H]1COCCN1C2=O. The Morgan fingerprint density at radius 3 is 3.05 bits per heavy atom. The fourth-order valence-electron chi connectivity index (χ4n) is 2.30. The van der Waals surface area contributed by atoms with Gasteiger partial charge in [-0.05, 0) is 0 Å². The number of hydrogen-bond donors (Lipinski definition) is 1. The van der Waals surface area contributed by atoms with Gasteiger partial charge >= 0.3 is 6.16 Å². The van der Waals surface area contributed by atoms with Gasteiger partial charge < -0.3 is 24.5 Å². The minimum atomic E-state index is -1.06. The van der Waals surface area contributed by atoms with Crippen molar-refractivity contribution in [3.8, 4) is 5.75 Å². The van der Waals surface area contributed by atoms with Crippen LogP contribution in [0.3, 0.4) is 0 Å². The summed E-state index contributed by atoms with van der Waals surface area (Å²) in [6, 6.07) is 1.20. The van der Waals surface area contributed by atoms with Crippen molar-refractivity contribution >= 4 is 12.1 Å². The van der Waals surface area contributed by atoms with E-state index in [1.54, 1.807) is 0 Å². The lowest BCUT2D eigenvalue weighted by molar-refractivity contribution is -0.00319. The number of carbonyl (C=O) groups is 2. The highest BCUT2D eigenvalue weighted by molar-refractivity contribution is 5.97. The van der Waals surface area contributed by atoms with Gasteiger partial charge in [0.05, 0.1) is 20.3 Å². The number of methoxy groups -OCH3 is 1. The molecular weight excluding hydrogens is 282 g/mol. The van der Waals surface area contributed by atoms with E-state index in [-0.39, 0.29) is 17.6 Å². The van der Waals surface area contributed by atoms with E-state index in [1.807, 2.05) is 0 Å². The Bertz CT molecular complexity index is 655. The molecule has 112 valence electrons. The molecule has 0 radical (unpaired) electrons. The standard InChI is InChI=1S/C12H13N3O6/c1-19-12(18)21-10-7(16)2-3-15-9(10)11(17)14-4-5-20-6-8(14)13-15/h2-3,8,13H,4-6H2,1H3/t8-/m0/s1. The van der Waals surface area contributed by atoms with E-state index >= 15 is 0 Å². The number of ether oxygens (including phenoxy) is 3. The minimum absolute atomic E-state index is 0.0361. The summed E-state index contributed by atoms with van der Waals surface area (Å²) in [5, 5.41) is 0. The Kier molecular flexibility index (Phi) is 3.26. The molecule has 0 unspecified atom stereocenters. The highest BCUT2D eigenvalue weighted by Gasteiger charge is 2.37. The van der Waals surface area contributed by atoms with Crippen molar-refractivity contribution in [2.45, 2.75) is 6.17 Å². The summed E-state index contributed by atoms with van der Waals surface area (Å²) in [5.41, 5.74) is 2.40. The highest BCUT2D eigenvalue weighted by Crippen LogP contribution is 2.22. The molecule has 1 saturated heterocycles. The van der Waals surface area contributed by atoms with Crippen LogP contribution in [0.4, 0.5) is 4.79 Å². The summed E-state index contributed by atoms with van der Waals surface area (Å²) >= 11 is 0. The minimum Gasteiger partial charge on any atom is -0.437 e. The largest absolute Gasteiger partial charge is 0.513 e. The Labute approximate surface area is 119 Å². The maximum atomic E-state index is 12.5. The van der Waals surface area contributed by atoms with Gasteiger partial charge in [-0.25, -0.2) is 4.79 Å². The zero-order valence-corrected chi connectivity index (χ0v) is 11.2. The van der Waals surface area contributed by atoms with E-state index in [9.17, 15) is 14.4 Å². The number of nitrogens with one attached hydrogen (secondary N) is 1. The number of fused-ring (bicyclic) bond motifs is 2. The van der Waals surface area contributed by atoms with Crippen LogP contribution in [-0.4, -0.2) is 54.7 Å². The number of nitrogens with zero attached hydrogens (tertiary/aromatic N) is 2. The van der Waals surface area contributed by atoms with E-state index in [0.717, 1.165) is 7.11 Å². The van der Waals surface area contributed by atoms with Gasteiger partial charge in [0.25, 0.3) is 5.91 Å². The first-order chi connectivity index (χ1) is 10.1. The lowest BCUT2D eigenvalue weighted by Gasteiger charge is -2.41. The van der Waals surface area contributed by atoms with Gasteiger partial charge in [0.15, 0.2) is 5.69 Å². The zero-order valence-electron chi connectivity index (χ0n) is 11.2. The third kappa shape index (κ3) is 2.21. The molecule has 9 nitrogen and oxygen atoms in total. The molecule has 0 saturated carbocycles. The molecule has 1 aromatic rings. The van der Waals surface area contributed by atoms with Crippen LogP contribution in [0.2, 0.25) is 0 Å². The van der Waals surface area contributed by atoms with E-state index in [4.69, 9.17) is 9.47 Å². The Hall–Kier alpha value is -2.55. The van der Waals surface area contributed by atoms with Crippen molar-refractivity contribution in [3.63, 3.8) is 0 Å². The maximum absolute atomic E-state index is 12.5. The molecular formula is C12H13N3O6. The summed E-state index contributed by atoms with van der Waals surface area (Å²) < 4.78 is 15.9. The monoisotopic (exact) mass is 295 g/mol. The summed E-state index contributed by atoms with van der Waals surface area (Å²) in [6.07, 6.45) is 0.0243. The number of hydrogen-bond acceptors (Lipinski definition) is 7. The van der Waals surface area contributed by atoms with Gasteiger partial charge in [-0.1, -0.05) is 0 Å². The molecule has 3 rings (SSSR count). The summed E-state index contributed by atoms with van der Waals surface area (Å²) in [4.78, 5) is 37.2. The number of pyridine rings is 1. The molecule has 0 aliphatic carbocycles. The van der Waals surface area contributed by atoms with Crippen LogP contribution in [0, 0.1) is 0 Å². The first kappa shape index (κ1) is 13.4. The third-order valence-electron chi connectivity index (χ3n) is 3.29. The van der Waals surface area contributed by atoms with Gasteiger partial charge in [-0.3, -0.25) is 14.3 Å². The predicted octanol–water partition coefficient (Wildman–Crippen LogP) is -0.651. The van der Waals surface area contributed by atoms with Gasteiger partial charge in [0, 0.05) is 18.8 Å². The molecule has 0 spiro atoms. The lowest BCUT2D eigenvalue weighted by atomic mass is 10.2. The molecule has 2 aliphatic heterocycles. The van der Waals surface area contributed by atoms with Crippen molar-refractivity contribution in [2.75, 3.05) is 32.3 Å². The smallest absolute Gasteiger partial charge is 0.437 e. The van der Waals surface area contributed by atoms with Crippen LogP contribution in [0.25, 0.3) is 0 Å². The maximum Gasteiger partial charge on any atom is 0.513 e. The Balaban J connectivity index is 2.06. The van der Waals surface area contributed by atoms with Gasteiger partial charge in [0.1, 0.15) is 6.17 Å². The molecule has 3 heterocycles. The molecule has 9 heteroatoms. The second-order valence-electron chi connectivity index (χ2n) is 4.50. The second kappa shape index (κ2) is 5.09. The number of rotatable bonds is 1. The quantitative estimate of drug-likeness (QED) is 0.687. The van der Waals surface area contributed by atoms with Gasteiger partial charge in [-0.15, -0.1) is 0 Å². The van der Waals surface area contributed by atoms with Crippen molar-refractivity contribution < 1.29 is 23.8 Å². The first-order valence-corrected chi connectivity index (χ1v) is 6.28. The molecule has 1 atom stereocenters. The van der Waals surface area contributed by atoms with E-state index in [1.165, 1.54) is 21.8 Å². The first-order valence-electron chi connectivity index (χ1n) is 6.28. The summed E-state index contributed by atoms with van der Waals surface area (Å²) in [7, 11) is 1.12. The number of morpholine rings is 1. The molecule has 2 aliphatic rings. The average molecular weight is 295 g/mol. The summed E-state index contributed by atoms with van der Waals surface area (Å²) in [5.74, 6) is -0.759. The third-order valence-corrected chi connectivity index (χ3v) is 3.29. The number of amides is 1. The fraction of sp³-hybridized carbons (Fsp3) is 0.417. The van der Waals surface area contributed by atoms with Crippen LogP contribution >= 0.6 is 0 Å². The van der Waals surface area contributed by atoms with Gasteiger partial charge in [-0.2, -0.15) is 0 Å². The topological polar surface area (TPSA) is 99.1 Å². The second-order valence-corrected chi connectivity index (χ2v) is 4.50. The van der Waals surface area contributed by atoms with Gasteiger partial charge in [0.2, 0.25) is 11.2 Å². The van der Waals surface area contributed by atoms with Crippen LogP contribution in [-0.2, 0) is 9.47 Å². The van der Waals surface area contributed by atoms with E-state index in [0.29, 0.717) is 19.8 Å². The number of carbonyl (C=O) groups excluding carboxylic acids is 2.